The quantitative estimate of drug-likeness (QED) is 0.506. The molecule has 0 aliphatic carbocycles. The second-order valence-electron chi connectivity index (χ2n) is 6.19. The summed E-state index contributed by atoms with van der Waals surface area (Å²) in [5.74, 6) is 2.24. The van der Waals surface area contributed by atoms with Gasteiger partial charge in [-0.25, -0.2) is 0 Å². The fourth-order valence-corrected chi connectivity index (χ4v) is 3.86. The molecule has 0 spiro atoms. The summed E-state index contributed by atoms with van der Waals surface area (Å²) in [5.41, 5.74) is 0. The summed E-state index contributed by atoms with van der Waals surface area (Å²) < 4.78 is 2.39. The summed E-state index contributed by atoms with van der Waals surface area (Å²) in [7, 11) is 0. The predicted molar refractivity (Wildman–Crippen MR) is 94.4 cm³/mol. The van der Waals surface area contributed by atoms with E-state index >= 15 is 0 Å². The molecule has 1 unspecified atom stereocenters. The third kappa shape index (κ3) is 5.27. The van der Waals surface area contributed by atoms with Gasteiger partial charge in [-0.2, -0.15) is 0 Å². The summed E-state index contributed by atoms with van der Waals surface area (Å²) in [6.45, 7) is 5.58. The van der Waals surface area contributed by atoms with Crippen LogP contribution in [0.5, 0.6) is 0 Å². The van der Waals surface area contributed by atoms with E-state index in [1.165, 1.54) is 63.6 Å². The average molecular weight is 325 g/mol. The molecule has 0 saturated carbocycles. The van der Waals surface area contributed by atoms with E-state index in [1.54, 1.807) is 0 Å². The second kappa shape index (κ2) is 10.3. The van der Waals surface area contributed by atoms with Crippen LogP contribution in [-0.4, -0.2) is 27.1 Å². The van der Waals surface area contributed by atoms with Crippen molar-refractivity contribution in [3.8, 4) is 0 Å². The van der Waals surface area contributed by atoms with Crippen molar-refractivity contribution < 1.29 is 0 Å². The number of hydrogen-bond acceptors (Lipinski definition) is 4. The van der Waals surface area contributed by atoms with Crippen LogP contribution in [0.1, 0.15) is 83.6 Å². The lowest BCUT2D eigenvalue weighted by molar-refractivity contribution is 0.297. The van der Waals surface area contributed by atoms with Gasteiger partial charge in [-0.05, 0) is 38.0 Å². The molecule has 1 aliphatic rings. The maximum atomic E-state index is 4.50. The van der Waals surface area contributed by atoms with Crippen LogP contribution >= 0.6 is 11.8 Å². The van der Waals surface area contributed by atoms with Crippen molar-refractivity contribution in [3.05, 3.63) is 5.82 Å². The maximum absolute atomic E-state index is 4.50. The molecule has 5 heteroatoms. The molecule has 0 amide bonds. The molecule has 22 heavy (non-hydrogen) atoms. The first-order valence-electron chi connectivity index (χ1n) is 9.16. The first-order chi connectivity index (χ1) is 10.9. The fourth-order valence-electron chi connectivity index (χ4n) is 3.14. The molecular formula is C17H32N4S. The van der Waals surface area contributed by atoms with Crippen molar-refractivity contribution >= 4 is 11.8 Å². The van der Waals surface area contributed by atoms with Crippen molar-refractivity contribution in [2.45, 2.75) is 89.4 Å². The van der Waals surface area contributed by atoms with E-state index in [0.29, 0.717) is 6.17 Å². The molecule has 1 saturated heterocycles. The number of thioether (sulfide) groups is 1. The summed E-state index contributed by atoms with van der Waals surface area (Å²) in [5, 5.41) is 13.7. The van der Waals surface area contributed by atoms with Crippen LogP contribution in [0.4, 0.5) is 0 Å². The summed E-state index contributed by atoms with van der Waals surface area (Å²) in [4.78, 5) is 0. The number of hydrogen-bond donors (Lipinski definition) is 1. The minimum Gasteiger partial charge on any atom is -0.297 e. The Morgan fingerprint density at radius 2 is 1.91 bits per heavy atom. The third-order valence-corrected chi connectivity index (χ3v) is 5.18. The summed E-state index contributed by atoms with van der Waals surface area (Å²) in [6, 6.07) is 0. The Bertz CT molecular complexity index is 413. The Hall–Kier alpha value is -0.550. The molecule has 1 aromatic rings. The summed E-state index contributed by atoms with van der Waals surface area (Å²) >= 11 is 1.82. The Morgan fingerprint density at radius 3 is 2.64 bits per heavy atom. The molecule has 1 aromatic heterocycles. The Balaban J connectivity index is 1.91. The first kappa shape index (κ1) is 17.8. The average Bonchev–Trinajstić information content (AvgIpc) is 2.95. The van der Waals surface area contributed by atoms with Crippen LogP contribution in [0, 0.1) is 0 Å². The first-order valence-corrected chi connectivity index (χ1v) is 10.1. The van der Waals surface area contributed by atoms with Crippen molar-refractivity contribution in [2.24, 2.45) is 0 Å². The largest absolute Gasteiger partial charge is 0.297 e. The van der Waals surface area contributed by atoms with E-state index in [-0.39, 0.29) is 0 Å². The van der Waals surface area contributed by atoms with Crippen LogP contribution in [0.25, 0.3) is 0 Å². The highest BCUT2D eigenvalue weighted by Gasteiger charge is 2.21. The smallest absolute Gasteiger partial charge is 0.192 e. The number of aromatic nitrogens is 3. The van der Waals surface area contributed by atoms with Gasteiger partial charge in [0.15, 0.2) is 5.16 Å². The topological polar surface area (TPSA) is 42.7 Å². The molecule has 2 rings (SSSR count). The van der Waals surface area contributed by atoms with Gasteiger partial charge in [-0.1, -0.05) is 57.7 Å². The maximum Gasteiger partial charge on any atom is 0.192 e. The van der Waals surface area contributed by atoms with E-state index in [1.807, 2.05) is 11.8 Å². The number of unbranched alkanes of at least 4 members (excludes halogenated alkanes) is 5. The van der Waals surface area contributed by atoms with Crippen molar-refractivity contribution in [3.63, 3.8) is 0 Å². The number of piperidine rings is 1. The normalized spacial score (nSPS) is 18.7. The number of rotatable bonds is 10. The standard InChI is InChI=1S/C17H32N4S/c1-3-5-6-7-8-9-13-16-19-20-17(22-4-2)21(16)15-12-10-11-14-18-15/h15,18H,3-14H2,1-2H3. The van der Waals surface area contributed by atoms with E-state index in [0.717, 1.165) is 23.9 Å². The molecule has 0 radical (unpaired) electrons. The number of nitrogens with one attached hydrogen (secondary N) is 1. The molecular weight excluding hydrogens is 292 g/mol. The molecule has 126 valence electrons. The second-order valence-corrected chi connectivity index (χ2v) is 7.42. The van der Waals surface area contributed by atoms with Crippen molar-refractivity contribution in [1.82, 2.24) is 20.1 Å². The van der Waals surface area contributed by atoms with Crippen molar-refractivity contribution in [2.75, 3.05) is 12.3 Å². The lowest BCUT2D eigenvalue weighted by Gasteiger charge is -2.27. The number of nitrogens with zero attached hydrogens (tertiary/aromatic N) is 3. The molecule has 0 aromatic carbocycles. The van der Waals surface area contributed by atoms with E-state index < -0.39 is 0 Å². The minimum absolute atomic E-state index is 0.410. The lowest BCUT2D eigenvalue weighted by Crippen LogP contribution is -2.32. The zero-order chi connectivity index (χ0) is 15.6. The van der Waals surface area contributed by atoms with Gasteiger partial charge in [0.25, 0.3) is 0 Å². The zero-order valence-electron chi connectivity index (χ0n) is 14.3. The van der Waals surface area contributed by atoms with Crippen LogP contribution in [-0.2, 0) is 6.42 Å². The zero-order valence-corrected chi connectivity index (χ0v) is 15.1. The molecule has 1 atom stereocenters. The lowest BCUT2D eigenvalue weighted by atomic mass is 10.1. The van der Waals surface area contributed by atoms with Crippen molar-refractivity contribution in [1.29, 1.82) is 0 Å². The highest BCUT2D eigenvalue weighted by atomic mass is 32.2. The number of aryl methyl sites for hydroxylation is 1. The van der Waals surface area contributed by atoms with Crippen LogP contribution in [0.3, 0.4) is 0 Å². The van der Waals surface area contributed by atoms with Gasteiger partial charge in [0, 0.05) is 6.42 Å². The molecule has 4 nitrogen and oxygen atoms in total. The highest BCUT2D eigenvalue weighted by molar-refractivity contribution is 7.99. The Kier molecular flexibility index (Phi) is 8.31. The van der Waals surface area contributed by atoms with E-state index in [4.69, 9.17) is 0 Å². The van der Waals surface area contributed by atoms with Crippen LogP contribution in [0.2, 0.25) is 0 Å². The van der Waals surface area contributed by atoms with Gasteiger partial charge in [0.1, 0.15) is 5.82 Å². The van der Waals surface area contributed by atoms with Gasteiger partial charge < -0.3 is 0 Å². The Morgan fingerprint density at radius 1 is 1.09 bits per heavy atom. The predicted octanol–water partition coefficient (Wildman–Crippen LogP) is 4.57. The van der Waals surface area contributed by atoms with E-state index in [9.17, 15) is 0 Å². The minimum atomic E-state index is 0.410. The van der Waals surface area contributed by atoms with Crippen LogP contribution in [0.15, 0.2) is 5.16 Å². The van der Waals surface area contributed by atoms with Gasteiger partial charge in [-0.3, -0.25) is 9.88 Å². The highest BCUT2D eigenvalue weighted by Crippen LogP contribution is 2.26. The monoisotopic (exact) mass is 324 g/mol. The van der Waals surface area contributed by atoms with Gasteiger partial charge in [0.05, 0.1) is 6.17 Å². The molecule has 1 N–H and O–H groups in total. The Labute approximate surface area is 139 Å². The molecule has 2 heterocycles. The van der Waals surface area contributed by atoms with Gasteiger partial charge in [0.2, 0.25) is 0 Å². The fraction of sp³-hybridized carbons (Fsp3) is 0.882. The SMILES string of the molecule is CCCCCCCCc1nnc(SCC)n1C1CCCCN1. The molecule has 1 aliphatic heterocycles. The third-order valence-electron chi connectivity index (χ3n) is 4.36. The van der Waals surface area contributed by atoms with Gasteiger partial charge >= 0.3 is 0 Å². The van der Waals surface area contributed by atoms with Gasteiger partial charge in [-0.15, -0.1) is 10.2 Å². The van der Waals surface area contributed by atoms with Crippen LogP contribution < -0.4 is 5.32 Å². The van der Waals surface area contributed by atoms with E-state index in [2.05, 4.69) is 33.9 Å². The molecule has 1 fully saturated rings. The summed E-state index contributed by atoms with van der Waals surface area (Å²) in [6.07, 6.45) is 13.3. The molecule has 0 bridgehead atoms.